The highest BCUT2D eigenvalue weighted by Crippen LogP contribution is 2.20. The fraction of sp³-hybridized carbons (Fsp3) is 0.143. The highest BCUT2D eigenvalue weighted by Gasteiger charge is 2.13. The van der Waals surface area contributed by atoms with Crippen molar-refractivity contribution in [3.63, 3.8) is 0 Å². The van der Waals surface area contributed by atoms with Crippen LogP contribution in [0.5, 0.6) is 17.2 Å². The quantitative estimate of drug-likeness (QED) is 0.472. The molecule has 0 aliphatic rings. The monoisotopic (exact) mass is 350 g/mol. The first-order valence-electron chi connectivity index (χ1n) is 8.41. The van der Waals surface area contributed by atoms with E-state index in [0.29, 0.717) is 30.2 Å². The fourth-order valence-electron chi connectivity index (χ4n) is 2.33. The molecule has 0 radical (unpaired) electrons. The predicted octanol–water partition coefficient (Wildman–Crippen LogP) is 4.10. The number of rotatable bonds is 8. The molecule has 0 aliphatic carbocycles. The first-order chi connectivity index (χ1) is 12.7. The Morgan fingerprint density at radius 2 is 1.12 bits per heavy atom. The van der Waals surface area contributed by atoms with Crippen molar-refractivity contribution in [3.05, 3.63) is 78.9 Å². The van der Waals surface area contributed by atoms with Crippen LogP contribution >= 0.6 is 0 Å². The van der Waals surface area contributed by atoms with Crippen LogP contribution in [0.2, 0.25) is 0 Å². The van der Waals surface area contributed by atoms with Gasteiger partial charge in [-0.1, -0.05) is 18.2 Å². The van der Waals surface area contributed by atoms with Gasteiger partial charge in [-0.2, -0.15) is 0 Å². The lowest BCUT2D eigenvalue weighted by Crippen LogP contribution is -2.26. The number of hydrogen-bond donors (Lipinski definition) is 2. The van der Waals surface area contributed by atoms with E-state index in [-0.39, 0.29) is 0 Å². The van der Waals surface area contributed by atoms with Crippen LogP contribution in [-0.4, -0.2) is 12.9 Å². The molecule has 0 aliphatic heterocycles. The summed E-state index contributed by atoms with van der Waals surface area (Å²) in [6.45, 7) is 0.441. The normalized spacial score (nSPS) is 11.5. The zero-order chi connectivity index (χ0) is 18.2. The van der Waals surface area contributed by atoms with Crippen molar-refractivity contribution >= 4 is 11.4 Å². The van der Waals surface area contributed by atoms with Crippen LogP contribution in [-0.2, 0) is 0 Å². The Morgan fingerprint density at radius 3 is 1.69 bits per heavy atom. The van der Waals surface area contributed by atoms with E-state index in [1.807, 2.05) is 54.6 Å². The van der Waals surface area contributed by atoms with Crippen LogP contribution < -0.4 is 25.7 Å². The Bertz CT molecular complexity index is 790. The Hall–Kier alpha value is -3.34. The van der Waals surface area contributed by atoms with E-state index in [1.165, 1.54) is 0 Å². The van der Waals surface area contributed by atoms with Crippen LogP contribution in [0, 0.1) is 0 Å². The molecule has 0 amide bonds. The molecule has 0 bridgehead atoms. The van der Waals surface area contributed by atoms with Gasteiger partial charge in [0, 0.05) is 11.4 Å². The molecule has 0 saturated carbocycles. The number of nitrogens with two attached hydrogens (primary N) is 2. The van der Waals surface area contributed by atoms with E-state index in [2.05, 4.69) is 0 Å². The molecule has 0 fully saturated rings. The van der Waals surface area contributed by atoms with Gasteiger partial charge in [0.15, 0.2) is 0 Å². The second kappa shape index (κ2) is 8.67. The van der Waals surface area contributed by atoms with Gasteiger partial charge in [0.05, 0.1) is 13.0 Å². The Balaban J connectivity index is 1.61. The minimum absolute atomic E-state index is 0.441. The van der Waals surface area contributed by atoms with Crippen molar-refractivity contribution in [3.8, 4) is 17.2 Å². The summed E-state index contributed by atoms with van der Waals surface area (Å²) < 4.78 is 17.7. The van der Waals surface area contributed by atoms with Crippen LogP contribution in [0.1, 0.15) is 6.42 Å². The maximum atomic E-state index is 5.95. The average Bonchev–Trinajstić information content (AvgIpc) is 2.66. The highest BCUT2D eigenvalue weighted by atomic mass is 16.7. The molecule has 3 aromatic rings. The van der Waals surface area contributed by atoms with Crippen LogP contribution in [0.25, 0.3) is 0 Å². The van der Waals surface area contributed by atoms with Crippen LogP contribution in [0.15, 0.2) is 78.9 Å². The number of nitrogen functional groups attached to an aromatic ring is 2. The molecular formula is C21H22N2O3. The molecule has 0 spiro atoms. The minimum atomic E-state index is -0.491. The van der Waals surface area contributed by atoms with Gasteiger partial charge in [0.2, 0.25) is 6.29 Å². The van der Waals surface area contributed by atoms with Gasteiger partial charge in [-0.3, -0.25) is 0 Å². The highest BCUT2D eigenvalue weighted by molar-refractivity contribution is 5.42. The minimum Gasteiger partial charge on any atom is -0.493 e. The van der Waals surface area contributed by atoms with E-state index in [4.69, 9.17) is 25.7 Å². The lowest BCUT2D eigenvalue weighted by Gasteiger charge is -2.21. The van der Waals surface area contributed by atoms with E-state index >= 15 is 0 Å². The summed E-state index contributed by atoms with van der Waals surface area (Å²) in [5, 5.41) is 0. The van der Waals surface area contributed by atoms with Gasteiger partial charge in [-0.25, -0.2) is 0 Å². The van der Waals surface area contributed by atoms with Crippen molar-refractivity contribution in [2.45, 2.75) is 12.7 Å². The third kappa shape index (κ3) is 5.34. The molecule has 0 saturated heterocycles. The summed E-state index contributed by atoms with van der Waals surface area (Å²) in [5.41, 5.74) is 12.8. The Labute approximate surface area is 153 Å². The van der Waals surface area contributed by atoms with Crippen molar-refractivity contribution in [1.29, 1.82) is 0 Å². The van der Waals surface area contributed by atoms with Gasteiger partial charge in [0.25, 0.3) is 0 Å². The predicted molar refractivity (Wildman–Crippen MR) is 103 cm³/mol. The molecule has 134 valence electrons. The zero-order valence-electron chi connectivity index (χ0n) is 14.4. The molecular weight excluding hydrogens is 328 g/mol. The molecule has 3 rings (SSSR count). The summed E-state index contributed by atoms with van der Waals surface area (Å²) in [4.78, 5) is 0. The lowest BCUT2D eigenvalue weighted by molar-refractivity contribution is -0.00933. The lowest BCUT2D eigenvalue weighted by atomic mass is 10.3. The standard InChI is InChI=1S/C21H22N2O3/c22-16-6-10-18(11-7-16)24-15-14-21(25-19-4-2-1-3-5-19)26-20-12-8-17(23)9-13-20/h1-13,21H,14-15,22-23H2. The molecule has 4 N–H and O–H groups in total. The van der Waals surface area contributed by atoms with Gasteiger partial charge in [0.1, 0.15) is 17.2 Å². The summed E-state index contributed by atoms with van der Waals surface area (Å²) in [7, 11) is 0. The molecule has 5 nitrogen and oxygen atoms in total. The van der Waals surface area contributed by atoms with E-state index in [0.717, 1.165) is 11.5 Å². The van der Waals surface area contributed by atoms with Crippen LogP contribution in [0.4, 0.5) is 11.4 Å². The second-order valence-electron chi connectivity index (χ2n) is 5.75. The topological polar surface area (TPSA) is 79.7 Å². The number of ether oxygens (including phenoxy) is 3. The van der Waals surface area contributed by atoms with Gasteiger partial charge in [-0.05, 0) is 60.7 Å². The summed E-state index contributed by atoms with van der Waals surface area (Å²) in [6, 6.07) is 24.0. The van der Waals surface area contributed by atoms with Crippen molar-refractivity contribution in [2.75, 3.05) is 18.1 Å². The zero-order valence-corrected chi connectivity index (χ0v) is 14.4. The van der Waals surface area contributed by atoms with Crippen LogP contribution in [0.3, 0.4) is 0 Å². The maximum Gasteiger partial charge on any atom is 0.244 e. The third-order valence-electron chi connectivity index (χ3n) is 3.66. The number of benzene rings is 3. The first-order valence-corrected chi connectivity index (χ1v) is 8.41. The second-order valence-corrected chi connectivity index (χ2v) is 5.75. The van der Waals surface area contributed by atoms with Gasteiger partial charge >= 0.3 is 0 Å². The van der Waals surface area contributed by atoms with Crippen molar-refractivity contribution in [2.24, 2.45) is 0 Å². The molecule has 5 heteroatoms. The summed E-state index contributed by atoms with van der Waals surface area (Å²) in [5.74, 6) is 2.18. The number of para-hydroxylation sites is 1. The Morgan fingerprint density at radius 1 is 0.615 bits per heavy atom. The van der Waals surface area contributed by atoms with E-state index in [9.17, 15) is 0 Å². The molecule has 26 heavy (non-hydrogen) atoms. The molecule has 0 aromatic heterocycles. The van der Waals surface area contributed by atoms with Crippen molar-refractivity contribution in [1.82, 2.24) is 0 Å². The number of anilines is 2. The smallest absolute Gasteiger partial charge is 0.244 e. The average molecular weight is 350 g/mol. The maximum absolute atomic E-state index is 5.95. The van der Waals surface area contributed by atoms with Gasteiger partial charge in [-0.15, -0.1) is 0 Å². The summed E-state index contributed by atoms with van der Waals surface area (Å²) >= 11 is 0. The number of hydrogen-bond acceptors (Lipinski definition) is 5. The molecule has 3 aromatic carbocycles. The van der Waals surface area contributed by atoms with Gasteiger partial charge < -0.3 is 25.7 Å². The Kier molecular flexibility index (Phi) is 5.83. The van der Waals surface area contributed by atoms with E-state index < -0.39 is 6.29 Å². The molecule has 1 unspecified atom stereocenters. The van der Waals surface area contributed by atoms with Crippen molar-refractivity contribution < 1.29 is 14.2 Å². The molecule has 1 atom stereocenters. The third-order valence-corrected chi connectivity index (χ3v) is 3.66. The SMILES string of the molecule is Nc1ccc(OCCC(Oc2ccccc2)Oc2ccc(N)cc2)cc1. The largest absolute Gasteiger partial charge is 0.493 e. The van der Waals surface area contributed by atoms with E-state index in [1.54, 1.807) is 24.3 Å². The molecule has 0 heterocycles. The fourth-order valence-corrected chi connectivity index (χ4v) is 2.33. The first kappa shape index (κ1) is 17.5. The summed E-state index contributed by atoms with van der Waals surface area (Å²) in [6.07, 6.45) is 0.0544.